The van der Waals surface area contributed by atoms with Gasteiger partial charge in [-0.05, 0) is 37.6 Å². The van der Waals surface area contributed by atoms with Crippen molar-refractivity contribution in [1.29, 1.82) is 0 Å². The molecule has 0 fully saturated rings. The molecule has 0 radical (unpaired) electrons. The van der Waals surface area contributed by atoms with Crippen molar-refractivity contribution in [3.63, 3.8) is 0 Å². The Labute approximate surface area is 187 Å². The molecule has 0 atom stereocenters. The van der Waals surface area contributed by atoms with E-state index < -0.39 is 0 Å². The molecular formula is C20H25ClFIN4O. The van der Waals surface area contributed by atoms with E-state index in [4.69, 9.17) is 11.6 Å². The number of hydrogen-bond acceptors (Lipinski definition) is 2. The van der Waals surface area contributed by atoms with Gasteiger partial charge in [-0.3, -0.25) is 4.79 Å². The Morgan fingerprint density at radius 3 is 2.61 bits per heavy atom. The van der Waals surface area contributed by atoms with Crippen LogP contribution in [0.4, 0.5) is 10.1 Å². The summed E-state index contributed by atoms with van der Waals surface area (Å²) in [6, 6.07) is 11.9. The topological polar surface area (TPSA) is 65.5 Å². The van der Waals surface area contributed by atoms with E-state index in [2.05, 4.69) is 20.9 Å². The molecular weight excluding hydrogens is 494 g/mol. The lowest BCUT2D eigenvalue weighted by Gasteiger charge is -2.12. The quantitative estimate of drug-likeness (QED) is 0.288. The Balaban J connectivity index is 0.00000392. The molecule has 0 aliphatic carbocycles. The normalized spacial score (nSPS) is 10.8. The van der Waals surface area contributed by atoms with Gasteiger partial charge in [-0.2, -0.15) is 0 Å². The van der Waals surface area contributed by atoms with Gasteiger partial charge in [0.05, 0.1) is 6.54 Å². The van der Waals surface area contributed by atoms with E-state index in [9.17, 15) is 9.18 Å². The van der Waals surface area contributed by atoms with E-state index in [1.165, 1.54) is 6.07 Å². The molecule has 0 aliphatic rings. The Bertz CT molecular complexity index is 817. The zero-order valence-corrected chi connectivity index (χ0v) is 19.0. The lowest BCUT2D eigenvalue weighted by atomic mass is 10.2. The fourth-order valence-corrected chi connectivity index (χ4v) is 2.56. The molecule has 152 valence electrons. The van der Waals surface area contributed by atoms with Crippen LogP contribution in [0, 0.1) is 12.7 Å². The van der Waals surface area contributed by atoms with Crippen molar-refractivity contribution < 1.29 is 9.18 Å². The summed E-state index contributed by atoms with van der Waals surface area (Å²) >= 11 is 6.06. The maximum absolute atomic E-state index is 13.7. The summed E-state index contributed by atoms with van der Waals surface area (Å²) in [4.78, 5) is 16.5. The van der Waals surface area contributed by atoms with Gasteiger partial charge in [0.25, 0.3) is 0 Å². The molecule has 1 amide bonds. The third kappa shape index (κ3) is 7.63. The van der Waals surface area contributed by atoms with Crippen molar-refractivity contribution in [3.05, 3.63) is 64.4 Å². The highest BCUT2D eigenvalue weighted by Crippen LogP contribution is 2.22. The highest BCUT2D eigenvalue weighted by Gasteiger charge is 2.07. The summed E-state index contributed by atoms with van der Waals surface area (Å²) < 4.78 is 13.7. The monoisotopic (exact) mass is 518 g/mol. The molecule has 5 nitrogen and oxygen atoms in total. The SMILES string of the molecule is CCNC(=NCc1ccccc1F)NCCC(=O)Nc1cccc(Cl)c1C.I. The maximum atomic E-state index is 13.7. The molecule has 0 aromatic heterocycles. The molecule has 28 heavy (non-hydrogen) atoms. The van der Waals surface area contributed by atoms with Crippen molar-refractivity contribution in [2.45, 2.75) is 26.8 Å². The Morgan fingerprint density at radius 2 is 1.89 bits per heavy atom. The number of amides is 1. The van der Waals surface area contributed by atoms with Crippen LogP contribution in [0.3, 0.4) is 0 Å². The predicted molar refractivity (Wildman–Crippen MR) is 124 cm³/mol. The molecule has 0 aliphatic heterocycles. The number of guanidine groups is 1. The van der Waals surface area contributed by atoms with Crippen molar-refractivity contribution in [2.24, 2.45) is 4.99 Å². The fourth-order valence-electron chi connectivity index (χ4n) is 2.38. The maximum Gasteiger partial charge on any atom is 0.226 e. The molecule has 8 heteroatoms. The van der Waals surface area contributed by atoms with Crippen LogP contribution in [0.1, 0.15) is 24.5 Å². The number of hydrogen-bond donors (Lipinski definition) is 3. The first-order chi connectivity index (χ1) is 13.0. The lowest BCUT2D eigenvalue weighted by molar-refractivity contribution is -0.116. The number of halogens is 3. The Hall–Kier alpha value is -1.87. The number of anilines is 1. The van der Waals surface area contributed by atoms with Crippen LogP contribution in [0.5, 0.6) is 0 Å². The first-order valence-electron chi connectivity index (χ1n) is 8.81. The second-order valence-corrected chi connectivity index (χ2v) is 6.33. The first kappa shape index (κ1) is 24.2. The van der Waals surface area contributed by atoms with Crippen molar-refractivity contribution in [2.75, 3.05) is 18.4 Å². The number of nitrogens with one attached hydrogen (secondary N) is 3. The number of rotatable bonds is 7. The summed E-state index contributed by atoms with van der Waals surface area (Å²) in [5, 5.41) is 9.62. The van der Waals surface area contributed by atoms with Crippen LogP contribution in [-0.4, -0.2) is 25.0 Å². The standard InChI is InChI=1S/C20H24ClFN4O.HI/c1-3-23-20(25-13-15-7-4-5-9-17(15)22)24-12-11-19(27)26-18-10-6-8-16(21)14(18)2;/h4-10H,3,11-13H2,1-2H3,(H,26,27)(H2,23,24,25);1H. The van der Waals surface area contributed by atoms with Crippen molar-refractivity contribution >= 4 is 53.1 Å². The smallest absolute Gasteiger partial charge is 0.226 e. The number of aliphatic imine (C=N–C) groups is 1. The molecule has 0 unspecified atom stereocenters. The van der Waals surface area contributed by atoms with Crippen LogP contribution in [0.15, 0.2) is 47.5 Å². The van der Waals surface area contributed by atoms with Crippen molar-refractivity contribution in [3.8, 4) is 0 Å². The molecule has 0 saturated heterocycles. The average Bonchev–Trinajstić information content (AvgIpc) is 2.64. The van der Waals surface area contributed by atoms with E-state index in [1.807, 2.05) is 19.9 Å². The molecule has 0 heterocycles. The van der Waals surface area contributed by atoms with Crippen LogP contribution < -0.4 is 16.0 Å². The molecule has 2 aromatic rings. The fraction of sp³-hybridized carbons (Fsp3) is 0.300. The third-order valence-electron chi connectivity index (χ3n) is 3.90. The summed E-state index contributed by atoms with van der Waals surface area (Å²) in [6.07, 6.45) is 0.260. The molecule has 0 spiro atoms. The number of carbonyl (C=O) groups is 1. The summed E-state index contributed by atoms with van der Waals surface area (Å²) in [7, 11) is 0. The lowest BCUT2D eigenvalue weighted by Crippen LogP contribution is -2.38. The second kappa shape index (κ2) is 12.6. The summed E-state index contributed by atoms with van der Waals surface area (Å²) in [5.74, 6) is 0.124. The predicted octanol–water partition coefficient (Wildman–Crippen LogP) is 4.49. The minimum atomic E-state index is -0.284. The van der Waals surface area contributed by atoms with E-state index in [0.29, 0.717) is 35.3 Å². The van der Waals surface area contributed by atoms with E-state index >= 15 is 0 Å². The third-order valence-corrected chi connectivity index (χ3v) is 4.31. The van der Waals surface area contributed by atoms with E-state index in [-0.39, 0.29) is 48.7 Å². The van der Waals surface area contributed by atoms with Crippen LogP contribution >= 0.6 is 35.6 Å². The average molecular weight is 519 g/mol. The van der Waals surface area contributed by atoms with E-state index in [1.54, 1.807) is 30.3 Å². The van der Waals surface area contributed by atoms with Gasteiger partial charge < -0.3 is 16.0 Å². The second-order valence-electron chi connectivity index (χ2n) is 5.92. The van der Waals surface area contributed by atoms with Gasteiger partial charge in [-0.1, -0.05) is 35.9 Å². The molecule has 0 saturated carbocycles. The van der Waals surface area contributed by atoms with Gasteiger partial charge in [0.1, 0.15) is 5.82 Å². The Morgan fingerprint density at radius 1 is 1.14 bits per heavy atom. The largest absolute Gasteiger partial charge is 0.357 e. The minimum absolute atomic E-state index is 0. The zero-order valence-electron chi connectivity index (χ0n) is 15.9. The van der Waals surface area contributed by atoms with Gasteiger partial charge in [0, 0.05) is 35.8 Å². The van der Waals surface area contributed by atoms with E-state index in [0.717, 1.165) is 5.56 Å². The number of nitrogens with zero attached hydrogens (tertiary/aromatic N) is 1. The zero-order chi connectivity index (χ0) is 19.6. The van der Waals surface area contributed by atoms with Gasteiger partial charge in [0.2, 0.25) is 5.91 Å². The Kier molecular flexibility index (Phi) is 10.8. The van der Waals surface area contributed by atoms with Crippen molar-refractivity contribution in [1.82, 2.24) is 10.6 Å². The molecule has 2 rings (SSSR count). The van der Waals surface area contributed by atoms with Crippen LogP contribution in [0.2, 0.25) is 5.02 Å². The summed E-state index contributed by atoms with van der Waals surface area (Å²) in [5.41, 5.74) is 2.05. The van der Waals surface area contributed by atoms with Gasteiger partial charge >= 0.3 is 0 Å². The number of benzene rings is 2. The highest BCUT2D eigenvalue weighted by molar-refractivity contribution is 14.0. The molecule has 3 N–H and O–H groups in total. The minimum Gasteiger partial charge on any atom is -0.357 e. The highest BCUT2D eigenvalue weighted by atomic mass is 127. The molecule has 2 aromatic carbocycles. The van der Waals surface area contributed by atoms with Gasteiger partial charge in [0.15, 0.2) is 5.96 Å². The summed E-state index contributed by atoms with van der Waals surface area (Å²) in [6.45, 7) is 5.07. The van der Waals surface area contributed by atoms with Crippen LogP contribution in [0.25, 0.3) is 0 Å². The van der Waals surface area contributed by atoms with Gasteiger partial charge in [-0.25, -0.2) is 9.38 Å². The first-order valence-corrected chi connectivity index (χ1v) is 9.19. The van der Waals surface area contributed by atoms with Gasteiger partial charge in [-0.15, -0.1) is 24.0 Å². The number of carbonyl (C=O) groups excluding carboxylic acids is 1. The van der Waals surface area contributed by atoms with Crippen LogP contribution in [-0.2, 0) is 11.3 Å². The molecule has 0 bridgehead atoms.